The number of allylic oxidation sites excluding steroid dienone is 3. The number of aromatic nitrogens is 1. The van der Waals surface area contributed by atoms with Gasteiger partial charge in [0.15, 0.2) is 5.78 Å². The molecule has 0 amide bonds. The lowest BCUT2D eigenvalue weighted by Crippen LogP contribution is -2.09. The van der Waals surface area contributed by atoms with Crippen molar-refractivity contribution >= 4 is 29.0 Å². The van der Waals surface area contributed by atoms with Crippen LogP contribution in [0.4, 0.5) is 5.69 Å². The maximum absolute atomic E-state index is 12.6. The van der Waals surface area contributed by atoms with Crippen molar-refractivity contribution in [3.05, 3.63) is 143 Å². The van der Waals surface area contributed by atoms with Gasteiger partial charge >= 0.3 is 0 Å². The molecule has 0 saturated heterocycles. The first-order chi connectivity index (χ1) is 21.4. The summed E-state index contributed by atoms with van der Waals surface area (Å²) in [6.45, 7) is 8.56. The van der Waals surface area contributed by atoms with Crippen molar-refractivity contribution in [2.24, 2.45) is 10.9 Å². The molecule has 1 aromatic heterocycles. The summed E-state index contributed by atoms with van der Waals surface area (Å²) in [5, 5.41) is 3.49. The first-order valence-electron chi connectivity index (χ1n) is 15.7. The number of benzene rings is 3. The molecule has 0 radical (unpaired) electrons. The average Bonchev–Trinajstić information content (AvgIpc) is 3.00. The lowest BCUT2D eigenvalue weighted by Gasteiger charge is -2.26. The van der Waals surface area contributed by atoms with E-state index in [0.717, 1.165) is 40.6 Å². The fourth-order valence-corrected chi connectivity index (χ4v) is 5.17. The highest BCUT2D eigenvalue weighted by atomic mass is 16.1. The van der Waals surface area contributed by atoms with Gasteiger partial charge in [0.1, 0.15) is 0 Å². The Morgan fingerprint density at radius 1 is 0.932 bits per heavy atom. The van der Waals surface area contributed by atoms with Crippen LogP contribution in [-0.2, 0) is 0 Å². The van der Waals surface area contributed by atoms with E-state index in [4.69, 9.17) is 0 Å². The molecular formula is C40H45N3O. The van der Waals surface area contributed by atoms with Crippen molar-refractivity contribution in [1.82, 2.24) is 4.98 Å². The molecular weight excluding hydrogens is 538 g/mol. The zero-order valence-electron chi connectivity index (χ0n) is 26.8. The molecule has 4 heteroatoms. The number of carbonyl (C=O) groups is 1. The normalized spacial score (nSPS) is 13.8. The molecule has 0 unspecified atom stereocenters. The lowest BCUT2D eigenvalue weighted by molar-refractivity contribution is 0.103. The Morgan fingerprint density at radius 2 is 1.64 bits per heavy atom. The molecule has 1 heterocycles. The average molecular weight is 584 g/mol. The smallest absolute Gasteiger partial charge is 0.193 e. The highest BCUT2D eigenvalue weighted by Crippen LogP contribution is 2.36. The zero-order chi connectivity index (χ0) is 31.3. The minimum atomic E-state index is 0.0461. The van der Waals surface area contributed by atoms with Crippen LogP contribution >= 0.6 is 0 Å². The maximum Gasteiger partial charge on any atom is 0.193 e. The molecule has 0 bridgehead atoms. The van der Waals surface area contributed by atoms with E-state index in [1.54, 1.807) is 0 Å². The number of anilines is 1. The quantitative estimate of drug-likeness (QED) is 0.149. The fraction of sp³-hybridized carbons (Fsp3) is 0.275. The predicted molar refractivity (Wildman–Crippen MR) is 187 cm³/mol. The number of hydrogen-bond donors (Lipinski definition) is 1. The van der Waals surface area contributed by atoms with Gasteiger partial charge in [-0.1, -0.05) is 106 Å². The van der Waals surface area contributed by atoms with Gasteiger partial charge < -0.3 is 5.32 Å². The second-order valence-electron chi connectivity index (χ2n) is 11.6. The highest BCUT2D eigenvalue weighted by Gasteiger charge is 2.20. The Bertz CT molecular complexity index is 1590. The van der Waals surface area contributed by atoms with E-state index >= 15 is 0 Å². The molecule has 3 aromatic carbocycles. The van der Waals surface area contributed by atoms with E-state index in [1.807, 2.05) is 80.1 Å². The summed E-state index contributed by atoms with van der Waals surface area (Å²) in [4.78, 5) is 21.2. The second-order valence-corrected chi connectivity index (χ2v) is 11.6. The first kappa shape index (κ1) is 32.3. The Morgan fingerprint density at radius 3 is 2.25 bits per heavy atom. The van der Waals surface area contributed by atoms with Gasteiger partial charge in [-0.15, -0.1) is 0 Å². The SMILES string of the molecule is CC/C=C(\Nc1cccc(C)c1)c1ccc(C(=O)c2ccccc2)cc1.CN=C/C(=C\C(C)C)c1cc(C2CCC2)ccn1. The summed E-state index contributed by atoms with van der Waals surface area (Å²) in [6.07, 6.45) is 13.2. The molecule has 44 heavy (non-hydrogen) atoms. The number of aliphatic imine (C=N–C) groups is 1. The Kier molecular flexibility index (Phi) is 12.0. The molecule has 1 fully saturated rings. The number of ketones is 1. The van der Waals surface area contributed by atoms with Crippen LogP contribution in [-0.4, -0.2) is 24.0 Å². The van der Waals surface area contributed by atoms with Gasteiger partial charge in [-0.25, -0.2) is 0 Å². The number of carbonyl (C=O) groups excluding carboxylic acids is 1. The lowest BCUT2D eigenvalue weighted by atomic mass is 9.80. The molecule has 1 N–H and O–H groups in total. The van der Waals surface area contributed by atoms with Crippen molar-refractivity contribution in [2.75, 3.05) is 12.4 Å². The van der Waals surface area contributed by atoms with Gasteiger partial charge in [-0.05, 0) is 79.0 Å². The van der Waals surface area contributed by atoms with Crippen LogP contribution in [0.2, 0.25) is 0 Å². The number of pyridine rings is 1. The van der Waals surface area contributed by atoms with E-state index < -0.39 is 0 Å². The van der Waals surface area contributed by atoms with Crippen LogP contribution in [0.5, 0.6) is 0 Å². The fourth-order valence-electron chi connectivity index (χ4n) is 5.17. The van der Waals surface area contributed by atoms with Gasteiger partial charge in [-0.3, -0.25) is 14.8 Å². The first-order valence-corrected chi connectivity index (χ1v) is 15.7. The van der Waals surface area contributed by atoms with Gasteiger partial charge in [0.05, 0.1) is 5.69 Å². The standard InChI is InChI=1S/C24H23NO.C16H22N2/c1-3-8-23(25-22-12-7-9-18(2)17-22)19-13-15-21(16-14-19)24(26)20-10-5-4-6-11-20;1-12(2)9-15(11-17-3)16-10-14(7-8-18-16)13-5-4-6-13/h4-17,25H,3H2,1-2H3;7-13H,4-6H2,1-3H3/b23-8-;15-9+,17-11?. The van der Waals surface area contributed by atoms with Crippen LogP contribution in [0.15, 0.2) is 114 Å². The molecule has 1 saturated carbocycles. The monoisotopic (exact) mass is 583 g/mol. The van der Waals surface area contributed by atoms with E-state index in [2.05, 4.69) is 85.5 Å². The van der Waals surface area contributed by atoms with Crippen molar-refractivity contribution in [1.29, 1.82) is 0 Å². The number of nitrogens with zero attached hydrogens (tertiary/aromatic N) is 2. The molecule has 1 aliphatic carbocycles. The Balaban J connectivity index is 0.000000215. The molecule has 4 nitrogen and oxygen atoms in total. The van der Waals surface area contributed by atoms with Gasteiger partial charge in [0.2, 0.25) is 0 Å². The molecule has 226 valence electrons. The third-order valence-electron chi connectivity index (χ3n) is 7.64. The van der Waals surface area contributed by atoms with Gasteiger partial charge in [0.25, 0.3) is 0 Å². The van der Waals surface area contributed by atoms with E-state index in [1.165, 1.54) is 30.4 Å². The summed E-state index contributed by atoms with van der Waals surface area (Å²) in [6, 6.07) is 29.9. The van der Waals surface area contributed by atoms with Crippen molar-refractivity contribution in [3.63, 3.8) is 0 Å². The van der Waals surface area contributed by atoms with Crippen LogP contribution in [0.1, 0.15) is 90.7 Å². The van der Waals surface area contributed by atoms with Gasteiger partial charge in [0, 0.05) is 47.5 Å². The highest BCUT2D eigenvalue weighted by molar-refractivity contribution is 6.09. The van der Waals surface area contributed by atoms with Gasteiger partial charge in [-0.2, -0.15) is 0 Å². The molecule has 1 aliphatic rings. The van der Waals surface area contributed by atoms with Crippen molar-refractivity contribution in [3.8, 4) is 0 Å². The van der Waals surface area contributed by atoms with Crippen LogP contribution in [0, 0.1) is 12.8 Å². The largest absolute Gasteiger partial charge is 0.355 e. The number of nitrogens with one attached hydrogen (secondary N) is 1. The second kappa shape index (κ2) is 16.3. The number of aryl methyl sites for hydroxylation is 1. The summed E-state index contributed by atoms with van der Waals surface area (Å²) in [5.74, 6) is 1.31. The summed E-state index contributed by atoms with van der Waals surface area (Å²) in [5.41, 5.74) is 9.44. The number of hydrogen-bond acceptors (Lipinski definition) is 4. The molecule has 0 aliphatic heterocycles. The topological polar surface area (TPSA) is 54.4 Å². The van der Waals surface area contributed by atoms with E-state index in [0.29, 0.717) is 17.0 Å². The molecule has 0 atom stereocenters. The zero-order valence-corrected chi connectivity index (χ0v) is 26.8. The van der Waals surface area contributed by atoms with E-state index in [-0.39, 0.29) is 5.78 Å². The molecule has 5 rings (SSSR count). The van der Waals surface area contributed by atoms with Crippen LogP contribution in [0.3, 0.4) is 0 Å². The Hall–Kier alpha value is -4.57. The Labute approximate surface area is 263 Å². The van der Waals surface area contributed by atoms with E-state index in [9.17, 15) is 4.79 Å². The molecule has 4 aromatic rings. The van der Waals surface area contributed by atoms with Crippen molar-refractivity contribution < 1.29 is 4.79 Å². The minimum absolute atomic E-state index is 0.0461. The van der Waals surface area contributed by atoms with Crippen LogP contribution in [0.25, 0.3) is 11.3 Å². The summed E-state index contributed by atoms with van der Waals surface area (Å²) in [7, 11) is 1.81. The maximum atomic E-state index is 12.6. The number of rotatable bonds is 10. The third-order valence-corrected chi connectivity index (χ3v) is 7.64. The van der Waals surface area contributed by atoms with Crippen molar-refractivity contribution in [2.45, 2.75) is 59.3 Å². The summed E-state index contributed by atoms with van der Waals surface area (Å²) < 4.78 is 0. The third kappa shape index (κ3) is 9.21. The molecule has 0 spiro atoms. The minimum Gasteiger partial charge on any atom is -0.355 e. The summed E-state index contributed by atoms with van der Waals surface area (Å²) >= 11 is 0. The predicted octanol–water partition coefficient (Wildman–Crippen LogP) is 10.2. The van der Waals surface area contributed by atoms with Crippen LogP contribution < -0.4 is 5.32 Å².